The zero-order valence-corrected chi connectivity index (χ0v) is 20.9. The number of fused-ring (bicyclic) bond motifs is 1. The monoisotopic (exact) mass is 475 g/mol. The van der Waals surface area contributed by atoms with E-state index in [0.29, 0.717) is 30.5 Å². The van der Waals surface area contributed by atoms with Crippen LogP contribution in [-0.4, -0.2) is 51.6 Å². The molecule has 1 aliphatic heterocycles. The lowest BCUT2D eigenvalue weighted by Crippen LogP contribution is -2.63. The third-order valence-corrected chi connectivity index (χ3v) is 7.49. The summed E-state index contributed by atoms with van der Waals surface area (Å²) < 4.78 is 0. The predicted octanol–water partition coefficient (Wildman–Crippen LogP) is 4.48. The second kappa shape index (κ2) is 9.64. The average Bonchev–Trinajstić information content (AvgIpc) is 3.11. The Hall–Kier alpha value is -3.48. The summed E-state index contributed by atoms with van der Waals surface area (Å²) in [7, 11) is 0. The van der Waals surface area contributed by atoms with Crippen molar-refractivity contribution in [1.82, 2.24) is 9.80 Å². The minimum atomic E-state index is -1.04. The van der Waals surface area contributed by atoms with Crippen LogP contribution in [0, 0.1) is 13.8 Å². The van der Waals surface area contributed by atoms with Gasteiger partial charge in [-0.05, 0) is 63.8 Å². The van der Waals surface area contributed by atoms with E-state index < -0.39 is 23.4 Å². The van der Waals surface area contributed by atoms with Crippen LogP contribution < -0.4 is 5.32 Å². The molecule has 4 amide bonds. The van der Waals surface area contributed by atoms with E-state index in [2.05, 4.69) is 5.32 Å². The van der Waals surface area contributed by atoms with Gasteiger partial charge in [0.1, 0.15) is 11.6 Å². The van der Waals surface area contributed by atoms with Crippen LogP contribution in [0.15, 0.2) is 42.5 Å². The van der Waals surface area contributed by atoms with E-state index in [1.54, 1.807) is 36.1 Å². The molecule has 35 heavy (non-hydrogen) atoms. The first-order valence-corrected chi connectivity index (χ1v) is 12.4. The lowest BCUT2D eigenvalue weighted by molar-refractivity contribution is -0.150. The van der Waals surface area contributed by atoms with Crippen LogP contribution in [0.4, 0.5) is 5.69 Å². The van der Waals surface area contributed by atoms with Crippen LogP contribution in [0.25, 0.3) is 0 Å². The summed E-state index contributed by atoms with van der Waals surface area (Å²) in [6.07, 6.45) is 3.73. The maximum Gasteiger partial charge on any atom is 0.262 e. The standard InChI is InChI=1S/C28H33N3O4/c1-5-30(24(32)20(4)31-25(33)21-14-7-8-15-22(21)26(31)34)28(16-9-6-10-17-28)27(35)29-23-18(2)12-11-13-19(23)3/h7-8,11-15,20H,5-6,9-10,16-17H2,1-4H3,(H,29,35)/t20-/m0/s1. The average molecular weight is 476 g/mol. The van der Waals surface area contributed by atoms with Crippen LogP contribution in [0.2, 0.25) is 0 Å². The predicted molar refractivity (Wildman–Crippen MR) is 134 cm³/mol. The third-order valence-electron chi connectivity index (χ3n) is 7.49. The quantitative estimate of drug-likeness (QED) is 0.624. The SMILES string of the molecule is CCN(C(=O)[C@H](C)N1C(=O)c2ccccc2C1=O)C1(C(=O)Nc2c(C)cccc2C)CCCCC1. The van der Waals surface area contributed by atoms with Crippen molar-refractivity contribution in [2.24, 2.45) is 0 Å². The lowest BCUT2D eigenvalue weighted by atomic mass is 9.78. The molecule has 0 radical (unpaired) electrons. The highest BCUT2D eigenvalue weighted by molar-refractivity contribution is 6.23. The number of amides is 4. The third kappa shape index (κ3) is 4.13. The number of anilines is 1. The molecule has 0 bridgehead atoms. The number of rotatable bonds is 6. The van der Waals surface area contributed by atoms with E-state index in [4.69, 9.17) is 0 Å². The first-order valence-electron chi connectivity index (χ1n) is 12.4. The van der Waals surface area contributed by atoms with Crippen molar-refractivity contribution < 1.29 is 19.2 Å². The molecule has 1 fully saturated rings. The van der Waals surface area contributed by atoms with Gasteiger partial charge in [0.15, 0.2) is 0 Å². The number of benzene rings is 2. The van der Waals surface area contributed by atoms with Crippen molar-refractivity contribution in [3.63, 3.8) is 0 Å². The van der Waals surface area contributed by atoms with Gasteiger partial charge in [0.2, 0.25) is 11.8 Å². The highest BCUT2D eigenvalue weighted by Gasteiger charge is 2.50. The fraction of sp³-hybridized carbons (Fsp3) is 0.429. The van der Waals surface area contributed by atoms with E-state index in [1.807, 2.05) is 39.0 Å². The summed E-state index contributed by atoms with van der Waals surface area (Å²) in [6, 6.07) is 11.4. The van der Waals surface area contributed by atoms with Gasteiger partial charge in [-0.25, -0.2) is 0 Å². The van der Waals surface area contributed by atoms with E-state index in [9.17, 15) is 19.2 Å². The van der Waals surface area contributed by atoms with Gasteiger partial charge >= 0.3 is 0 Å². The maximum absolute atomic E-state index is 13.9. The van der Waals surface area contributed by atoms with Crippen molar-refractivity contribution in [3.05, 3.63) is 64.7 Å². The van der Waals surface area contributed by atoms with Crippen LogP contribution in [0.3, 0.4) is 0 Å². The van der Waals surface area contributed by atoms with Gasteiger partial charge in [-0.3, -0.25) is 24.1 Å². The van der Waals surface area contributed by atoms with E-state index in [-0.39, 0.29) is 11.8 Å². The molecule has 7 heteroatoms. The first kappa shape index (κ1) is 24.6. The number of carbonyl (C=O) groups excluding carboxylic acids is 4. The van der Waals surface area contributed by atoms with Crippen molar-refractivity contribution in [1.29, 1.82) is 0 Å². The molecule has 2 aromatic rings. The Kier molecular flexibility index (Phi) is 6.79. The Bertz CT molecular complexity index is 1130. The number of imide groups is 1. The summed E-state index contributed by atoms with van der Waals surface area (Å²) in [5, 5.41) is 3.12. The Morgan fingerprint density at radius 1 is 0.943 bits per heavy atom. The highest BCUT2D eigenvalue weighted by Crippen LogP contribution is 2.37. The fourth-order valence-electron chi connectivity index (χ4n) is 5.56. The molecular weight excluding hydrogens is 442 g/mol. The number of hydrogen-bond donors (Lipinski definition) is 1. The summed E-state index contributed by atoms with van der Waals surface area (Å²) in [5.74, 6) is -1.54. The maximum atomic E-state index is 13.9. The molecule has 1 aliphatic carbocycles. The summed E-state index contributed by atoms with van der Waals surface area (Å²) in [6.45, 7) is 7.61. The van der Waals surface area contributed by atoms with Crippen molar-refractivity contribution in [3.8, 4) is 0 Å². The molecule has 2 aliphatic rings. The van der Waals surface area contributed by atoms with Crippen LogP contribution in [-0.2, 0) is 9.59 Å². The Morgan fingerprint density at radius 2 is 1.49 bits per heavy atom. The molecule has 184 valence electrons. The molecule has 7 nitrogen and oxygen atoms in total. The van der Waals surface area contributed by atoms with Gasteiger partial charge in [0.05, 0.1) is 11.1 Å². The van der Waals surface area contributed by atoms with Crippen molar-refractivity contribution in [2.45, 2.75) is 71.4 Å². The number of hydrogen-bond acceptors (Lipinski definition) is 4. The Morgan fingerprint density at radius 3 is 2.00 bits per heavy atom. The number of likely N-dealkylation sites (N-methyl/N-ethyl adjacent to an activating group) is 1. The molecule has 4 rings (SSSR count). The normalized spacial score (nSPS) is 17.7. The van der Waals surface area contributed by atoms with Gasteiger partial charge in [0.25, 0.3) is 11.8 Å². The van der Waals surface area contributed by atoms with Crippen molar-refractivity contribution >= 4 is 29.3 Å². The molecule has 2 aromatic carbocycles. The molecule has 0 unspecified atom stereocenters. The number of nitrogens with zero attached hydrogens (tertiary/aromatic N) is 2. The van der Waals surface area contributed by atoms with E-state index >= 15 is 0 Å². The fourth-order valence-corrected chi connectivity index (χ4v) is 5.56. The minimum Gasteiger partial charge on any atom is -0.326 e. The van der Waals surface area contributed by atoms with Gasteiger partial charge in [-0.2, -0.15) is 0 Å². The molecule has 0 aromatic heterocycles. The number of carbonyl (C=O) groups is 4. The minimum absolute atomic E-state index is 0.209. The summed E-state index contributed by atoms with van der Waals surface area (Å²) >= 11 is 0. The van der Waals surface area contributed by atoms with Gasteiger partial charge in [-0.15, -0.1) is 0 Å². The number of para-hydroxylation sites is 1. The smallest absolute Gasteiger partial charge is 0.262 e. The lowest BCUT2D eigenvalue weighted by Gasteiger charge is -2.46. The summed E-state index contributed by atoms with van der Waals surface area (Å²) in [4.78, 5) is 56.5. The molecule has 0 spiro atoms. The Labute approximate surface area is 206 Å². The van der Waals surface area contributed by atoms with E-state index in [0.717, 1.165) is 41.0 Å². The Balaban J connectivity index is 1.66. The number of aryl methyl sites for hydroxylation is 2. The second-order valence-electron chi connectivity index (χ2n) is 9.60. The van der Waals surface area contributed by atoms with Crippen molar-refractivity contribution in [2.75, 3.05) is 11.9 Å². The van der Waals surface area contributed by atoms with Gasteiger partial charge in [0, 0.05) is 12.2 Å². The molecule has 1 atom stereocenters. The molecule has 1 saturated carbocycles. The first-order chi connectivity index (χ1) is 16.7. The zero-order chi connectivity index (χ0) is 25.3. The second-order valence-corrected chi connectivity index (χ2v) is 9.60. The summed E-state index contributed by atoms with van der Waals surface area (Å²) in [5.41, 5.74) is 2.25. The molecular formula is C28H33N3O4. The zero-order valence-electron chi connectivity index (χ0n) is 20.9. The molecule has 1 heterocycles. The largest absolute Gasteiger partial charge is 0.326 e. The topological polar surface area (TPSA) is 86.8 Å². The number of nitrogens with one attached hydrogen (secondary N) is 1. The van der Waals surface area contributed by atoms with Gasteiger partial charge < -0.3 is 10.2 Å². The van der Waals surface area contributed by atoms with Crippen LogP contribution in [0.5, 0.6) is 0 Å². The molecule has 1 N–H and O–H groups in total. The molecule has 0 saturated heterocycles. The van der Waals surface area contributed by atoms with E-state index in [1.165, 1.54) is 0 Å². The highest BCUT2D eigenvalue weighted by atomic mass is 16.2. The van der Waals surface area contributed by atoms with Crippen LogP contribution >= 0.6 is 0 Å². The van der Waals surface area contributed by atoms with Gasteiger partial charge in [-0.1, -0.05) is 49.6 Å². The van der Waals surface area contributed by atoms with Crippen LogP contribution in [0.1, 0.15) is 77.8 Å².